The van der Waals surface area contributed by atoms with Gasteiger partial charge >= 0.3 is 0 Å². The Morgan fingerprint density at radius 2 is 1.96 bits per heavy atom. The molecule has 0 N–H and O–H groups in total. The van der Waals surface area contributed by atoms with Crippen LogP contribution in [0.3, 0.4) is 0 Å². The summed E-state index contributed by atoms with van der Waals surface area (Å²) in [5.41, 5.74) is 3.48. The van der Waals surface area contributed by atoms with Gasteiger partial charge in [0.05, 0.1) is 12.2 Å². The minimum atomic E-state index is 0.137. The van der Waals surface area contributed by atoms with Crippen molar-refractivity contribution in [2.75, 3.05) is 25.5 Å². The summed E-state index contributed by atoms with van der Waals surface area (Å²) in [4.78, 5) is 26.2. The molecule has 5 heteroatoms. The van der Waals surface area contributed by atoms with Gasteiger partial charge < -0.3 is 9.80 Å². The smallest absolute Gasteiger partial charge is 0.226 e. The fourth-order valence-corrected chi connectivity index (χ4v) is 3.85. The van der Waals surface area contributed by atoms with Crippen LogP contribution in [0.25, 0.3) is 0 Å². The zero-order valence-electron chi connectivity index (χ0n) is 15.1. The number of nitrogens with zero attached hydrogens (tertiary/aromatic N) is 4. The first-order valence-corrected chi connectivity index (χ1v) is 8.92. The molecule has 25 heavy (non-hydrogen) atoms. The molecule has 1 fully saturated rings. The topological polar surface area (TPSA) is 49.3 Å². The molecule has 2 aromatic rings. The summed E-state index contributed by atoms with van der Waals surface area (Å²) in [6.45, 7) is 3.31. The minimum absolute atomic E-state index is 0.137. The number of aryl methyl sites for hydroxylation is 1. The maximum absolute atomic E-state index is 13.0. The van der Waals surface area contributed by atoms with Crippen LogP contribution in [-0.2, 0) is 17.8 Å². The Bertz CT molecular complexity index is 803. The van der Waals surface area contributed by atoms with Gasteiger partial charge in [0.1, 0.15) is 11.6 Å². The summed E-state index contributed by atoms with van der Waals surface area (Å²) in [5, 5.41) is 0. The van der Waals surface area contributed by atoms with Crippen molar-refractivity contribution in [3.8, 4) is 0 Å². The lowest BCUT2D eigenvalue weighted by Gasteiger charge is -2.31. The number of hydrogen-bond acceptors (Lipinski definition) is 4. The highest BCUT2D eigenvalue weighted by atomic mass is 16.2. The van der Waals surface area contributed by atoms with Crippen LogP contribution in [0.5, 0.6) is 0 Å². The first-order valence-electron chi connectivity index (χ1n) is 8.92. The lowest BCUT2D eigenvalue weighted by atomic mass is 10.0. The van der Waals surface area contributed by atoms with Crippen molar-refractivity contribution in [3.63, 3.8) is 0 Å². The Hall–Kier alpha value is -2.43. The largest absolute Gasteiger partial charge is 0.362 e. The van der Waals surface area contributed by atoms with E-state index in [1.165, 1.54) is 5.56 Å². The average Bonchev–Trinajstić information content (AvgIpc) is 3.41. The van der Waals surface area contributed by atoms with Crippen LogP contribution in [0.4, 0.5) is 5.82 Å². The molecular weight excluding hydrogens is 312 g/mol. The lowest BCUT2D eigenvalue weighted by Crippen LogP contribution is -2.38. The van der Waals surface area contributed by atoms with Gasteiger partial charge in [0, 0.05) is 38.5 Å². The van der Waals surface area contributed by atoms with Gasteiger partial charge in [-0.25, -0.2) is 9.97 Å². The number of amides is 1. The van der Waals surface area contributed by atoms with Gasteiger partial charge in [-0.2, -0.15) is 0 Å². The second-order valence-corrected chi connectivity index (χ2v) is 7.28. The van der Waals surface area contributed by atoms with Crippen molar-refractivity contribution >= 4 is 11.7 Å². The van der Waals surface area contributed by atoms with Crippen molar-refractivity contribution in [2.24, 2.45) is 5.92 Å². The number of benzene rings is 1. The average molecular weight is 336 g/mol. The van der Waals surface area contributed by atoms with E-state index in [0.29, 0.717) is 12.5 Å². The maximum atomic E-state index is 13.0. The van der Waals surface area contributed by atoms with E-state index in [0.717, 1.165) is 42.3 Å². The van der Waals surface area contributed by atoms with Gasteiger partial charge in [0.25, 0.3) is 0 Å². The zero-order valence-corrected chi connectivity index (χ0v) is 15.1. The third kappa shape index (κ3) is 2.99. The molecule has 5 nitrogen and oxygen atoms in total. The van der Waals surface area contributed by atoms with Gasteiger partial charge in [-0.15, -0.1) is 0 Å². The van der Waals surface area contributed by atoms with E-state index in [1.54, 1.807) is 0 Å². The first-order chi connectivity index (χ1) is 12.0. The van der Waals surface area contributed by atoms with Crippen LogP contribution in [-0.4, -0.2) is 41.4 Å². The lowest BCUT2D eigenvalue weighted by molar-refractivity contribution is -0.133. The van der Waals surface area contributed by atoms with E-state index in [1.807, 2.05) is 36.9 Å². The summed E-state index contributed by atoms with van der Waals surface area (Å²) in [6.07, 6.45) is 1.78. The molecule has 2 aliphatic rings. The van der Waals surface area contributed by atoms with Gasteiger partial charge in [-0.1, -0.05) is 30.3 Å². The fourth-order valence-electron chi connectivity index (χ4n) is 3.85. The summed E-state index contributed by atoms with van der Waals surface area (Å²) < 4.78 is 0. The molecule has 0 radical (unpaired) electrons. The maximum Gasteiger partial charge on any atom is 0.226 e. The van der Waals surface area contributed by atoms with E-state index in [-0.39, 0.29) is 11.8 Å². The Kier molecular flexibility index (Phi) is 3.94. The highest BCUT2D eigenvalue weighted by molar-refractivity contribution is 5.83. The summed E-state index contributed by atoms with van der Waals surface area (Å²) in [7, 11) is 3.99. The molecule has 1 aliphatic heterocycles. The van der Waals surface area contributed by atoms with Gasteiger partial charge in [-0.3, -0.25) is 4.79 Å². The van der Waals surface area contributed by atoms with E-state index < -0.39 is 0 Å². The molecule has 1 saturated carbocycles. The molecule has 0 bridgehead atoms. The SMILES string of the molecule is Cc1nc2c(c(N(C)C)n1)CN(C(=O)[C@H]1C[C@H]1c1ccccc1)CC2. The molecule has 4 rings (SSSR count). The monoisotopic (exact) mass is 336 g/mol. The van der Waals surface area contributed by atoms with Crippen LogP contribution < -0.4 is 4.90 Å². The van der Waals surface area contributed by atoms with Crippen LogP contribution in [0, 0.1) is 12.8 Å². The molecule has 1 aromatic heterocycles. The van der Waals surface area contributed by atoms with E-state index in [2.05, 4.69) is 34.2 Å². The zero-order chi connectivity index (χ0) is 17.6. The van der Waals surface area contributed by atoms with Crippen LogP contribution in [0.1, 0.15) is 35.0 Å². The third-order valence-corrected chi connectivity index (χ3v) is 5.22. The highest BCUT2D eigenvalue weighted by Gasteiger charge is 2.46. The number of rotatable bonds is 3. The molecule has 130 valence electrons. The van der Waals surface area contributed by atoms with E-state index in [4.69, 9.17) is 0 Å². The highest BCUT2D eigenvalue weighted by Crippen LogP contribution is 2.48. The Labute approximate surface area is 148 Å². The van der Waals surface area contributed by atoms with Gasteiger partial charge in [-0.05, 0) is 24.8 Å². The molecule has 2 heterocycles. The van der Waals surface area contributed by atoms with Crippen molar-refractivity contribution in [1.82, 2.24) is 14.9 Å². The standard InChI is InChI=1S/C20H24N4O/c1-13-21-18-9-10-24(12-17(18)19(22-13)23(2)3)20(25)16-11-15(16)14-7-5-4-6-8-14/h4-8,15-16H,9-12H2,1-3H3/t15-,16-/m0/s1. The first kappa shape index (κ1) is 16.1. The molecule has 2 atom stereocenters. The second kappa shape index (κ2) is 6.14. The Morgan fingerprint density at radius 3 is 2.68 bits per heavy atom. The number of anilines is 1. The number of fused-ring (bicyclic) bond motifs is 1. The van der Waals surface area contributed by atoms with Crippen molar-refractivity contribution < 1.29 is 4.79 Å². The molecule has 1 aliphatic carbocycles. The van der Waals surface area contributed by atoms with Crippen LogP contribution in [0.2, 0.25) is 0 Å². The third-order valence-electron chi connectivity index (χ3n) is 5.22. The van der Waals surface area contributed by atoms with Gasteiger partial charge in [0.2, 0.25) is 5.91 Å². The Balaban J connectivity index is 1.52. The Morgan fingerprint density at radius 1 is 1.20 bits per heavy atom. The minimum Gasteiger partial charge on any atom is -0.362 e. The summed E-state index contributed by atoms with van der Waals surface area (Å²) in [6, 6.07) is 10.4. The van der Waals surface area contributed by atoms with Crippen LogP contribution in [0.15, 0.2) is 30.3 Å². The number of carbonyl (C=O) groups is 1. The molecule has 1 amide bonds. The molecule has 1 aromatic carbocycles. The van der Waals surface area contributed by atoms with Crippen molar-refractivity contribution in [1.29, 1.82) is 0 Å². The van der Waals surface area contributed by atoms with E-state index >= 15 is 0 Å². The summed E-state index contributed by atoms with van der Waals surface area (Å²) in [5.74, 6) is 2.55. The molecular formula is C20H24N4O. The number of aromatic nitrogens is 2. The van der Waals surface area contributed by atoms with Crippen LogP contribution >= 0.6 is 0 Å². The second-order valence-electron chi connectivity index (χ2n) is 7.28. The normalized spacial score (nSPS) is 21.6. The molecule has 0 unspecified atom stereocenters. The van der Waals surface area contributed by atoms with Crippen molar-refractivity contribution in [2.45, 2.75) is 32.2 Å². The predicted molar refractivity (Wildman–Crippen MR) is 97.5 cm³/mol. The summed E-state index contributed by atoms with van der Waals surface area (Å²) >= 11 is 0. The molecule has 0 spiro atoms. The van der Waals surface area contributed by atoms with Crippen molar-refractivity contribution in [3.05, 3.63) is 53.0 Å². The quantitative estimate of drug-likeness (QED) is 0.864. The number of hydrogen-bond donors (Lipinski definition) is 0. The fraction of sp³-hybridized carbons (Fsp3) is 0.450. The number of carbonyl (C=O) groups excluding carboxylic acids is 1. The van der Waals surface area contributed by atoms with Gasteiger partial charge in [0.15, 0.2) is 0 Å². The molecule has 0 saturated heterocycles. The predicted octanol–water partition coefficient (Wildman–Crippen LogP) is 2.54. The van der Waals surface area contributed by atoms with E-state index in [9.17, 15) is 4.79 Å².